The molecule has 0 heterocycles. The molecule has 0 radical (unpaired) electrons. The molecule has 0 aliphatic carbocycles. The largest absolute Gasteiger partial charge is 0.545 e. The molecule has 0 fully saturated rings. The fourth-order valence-electron chi connectivity index (χ4n) is 8.51. The molecule has 0 saturated carbocycles. The van der Waals surface area contributed by atoms with Crippen LogP contribution < -0.4 is 5.11 Å². The highest BCUT2D eigenvalue weighted by molar-refractivity contribution is 5.70. The van der Waals surface area contributed by atoms with E-state index in [-0.39, 0.29) is 38.6 Å². The first kappa shape index (κ1) is 73.2. The van der Waals surface area contributed by atoms with Gasteiger partial charge < -0.3 is 33.3 Å². The van der Waals surface area contributed by atoms with E-state index in [4.69, 9.17) is 18.9 Å². The number of ether oxygens (including phenoxy) is 4. The Hall–Kier alpha value is -3.79. The van der Waals surface area contributed by atoms with Gasteiger partial charge in [-0.3, -0.25) is 9.59 Å². The molecule has 442 valence electrons. The summed E-state index contributed by atoms with van der Waals surface area (Å²) in [7, 11) is 5.92. The van der Waals surface area contributed by atoms with Crippen molar-refractivity contribution in [1.29, 1.82) is 0 Å². The molecule has 9 nitrogen and oxygen atoms in total. The number of likely N-dealkylation sites (N-methyl/N-ethyl adjacent to an activating group) is 1. The average molecular weight is 1080 g/mol. The van der Waals surface area contributed by atoms with E-state index in [1.54, 1.807) is 0 Å². The van der Waals surface area contributed by atoms with Crippen LogP contribution in [0, 0.1) is 0 Å². The summed E-state index contributed by atoms with van der Waals surface area (Å²) in [6.45, 7) is 4.61. The highest BCUT2D eigenvalue weighted by Gasteiger charge is 2.22. The molecule has 0 saturated heterocycles. The fraction of sp³-hybridized carbons (Fsp3) is 0.721. The summed E-state index contributed by atoms with van der Waals surface area (Å²) in [5.41, 5.74) is 0. The number of carbonyl (C=O) groups is 3. The van der Waals surface area contributed by atoms with Crippen molar-refractivity contribution in [3.63, 3.8) is 0 Å². The number of unbranched alkanes of at least 4 members (excludes halogenated alkanes) is 26. The Bertz CT molecular complexity index is 1580. The smallest absolute Gasteiger partial charge is 0.306 e. The predicted molar refractivity (Wildman–Crippen MR) is 324 cm³/mol. The second kappa shape index (κ2) is 58.4. The van der Waals surface area contributed by atoms with E-state index in [1.165, 1.54) is 122 Å². The quantitative estimate of drug-likeness (QED) is 0.0195. The molecule has 0 bridgehead atoms. The van der Waals surface area contributed by atoms with Crippen molar-refractivity contribution in [2.45, 2.75) is 270 Å². The minimum absolute atomic E-state index is 0.145. The lowest BCUT2D eigenvalue weighted by Crippen LogP contribution is -2.44. The first-order valence-corrected chi connectivity index (χ1v) is 31.4. The van der Waals surface area contributed by atoms with Crippen LogP contribution in [0.2, 0.25) is 0 Å². The zero-order chi connectivity index (χ0) is 56.2. The third-order valence-corrected chi connectivity index (χ3v) is 13.3. The number of esters is 2. The monoisotopic (exact) mass is 1080 g/mol. The zero-order valence-electron chi connectivity index (χ0n) is 50.3. The maximum atomic E-state index is 12.9. The molecule has 77 heavy (non-hydrogen) atoms. The van der Waals surface area contributed by atoms with Crippen molar-refractivity contribution < 1.29 is 42.9 Å². The number of quaternary nitrogens is 1. The molecule has 0 aliphatic rings. The van der Waals surface area contributed by atoms with Gasteiger partial charge >= 0.3 is 11.9 Å². The molecule has 0 spiro atoms. The zero-order valence-corrected chi connectivity index (χ0v) is 50.3. The van der Waals surface area contributed by atoms with Gasteiger partial charge in [0.15, 0.2) is 12.4 Å². The maximum absolute atomic E-state index is 12.9. The van der Waals surface area contributed by atoms with Crippen molar-refractivity contribution in [2.75, 3.05) is 47.5 Å². The molecule has 0 aromatic heterocycles. The van der Waals surface area contributed by atoms with Crippen molar-refractivity contribution in [2.24, 2.45) is 0 Å². The van der Waals surface area contributed by atoms with E-state index in [0.29, 0.717) is 17.4 Å². The van der Waals surface area contributed by atoms with Crippen molar-refractivity contribution in [1.82, 2.24) is 0 Å². The van der Waals surface area contributed by atoms with Crippen molar-refractivity contribution >= 4 is 17.9 Å². The van der Waals surface area contributed by atoms with Crippen molar-refractivity contribution in [3.8, 4) is 0 Å². The van der Waals surface area contributed by atoms with Gasteiger partial charge in [-0.15, -0.1) is 0 Å². The van der Waals surface area contributed by atoms with Gasteiger partial charge in [0.25, 0.3) is 0 Å². The number of hydrogen-bond donors (Lipinski definition) is 0. The van der Waals surface area contributed by atoms with Crippen LogP contribution in [0.3, 0.4) is 0 Å². The van der Waals surface area contributed by atoms with Gasteiger partial charge in [0.1, 0.15) is 13.2 Å². The number of carboxylic acid groups (broad SMARTS) is 1. The first-order chi connectivity index (χ1) is 37.6. The molecular formula is C68H117NO8. The standard InChI is InChI=1S/C68H117NO8/c1-6-8-10-12-14-16-18-20-21-22-23-24-25-26-27-28-29-30-31-32-33-34-35-36-37-38-39-40-41-42-43-44-45-47-49-51-53-55-57-59-66(71)77-64(63-76-68(67(72)73)74-61-60-69(3,4)5)62-75-65(70)58-56-54-52-50-48-46-19-17-15-13-11-9-7-2/h8,10,14,16-17,19-21,23-24,26-27,29-30,32-33,64,68H,6-7,9,11-13,15,18,22,25,28,31,34-63H2,1-5H3/b10-8-,16-14-,19-17-,21-20-,24-23-,27-26-,30-29-,33-32-. The van der Waals surface area contributed by atoms with Gasteiger partial charge in [-0.25, -0.2) is 0 Å². The van der Waals surface area contributed by atoms with Gasteiger partial charge in [0.05, 0.1) is 40.3 Å². The van der Waals surface area contributed by atoms with E-state index >= 15 is 0 Å². The van der Waals surface area contributed by atoms with Crippen LogP contribution in [-0.4, -0.2) is 82.3 Å². The van der Waals surface area contributed by atoms with Gasteiger partial charge in [0, 0.05) is 12.8 Å². The number of carbonyl (C=O) groups excluding carboxylic acids is 3. The second-order valence-corrected chi connectivity index (χ2v) is 22.0. The molecule has 9 heteroatoms. The summed E-state index contributed by atoms with van der Waals surface area (Å²) < 4.78 is 22.7. The van der Waals surface area contributed by atoms with Crippen LogP contribution in [-0.2, 0) is 33.3 Å². The summed E-state index contributed by atoms with van der Waals surface area (Å²) in [5, 5.41) is 11.8. The second-order valence-electron chi connectivity index (χ2n) is 22.0. The van der Waals surface area contributed by atoms with Crippen LogP contribution >= 0.6 is 0 Å². The van der Waals surface area contributed by atoms with Gasteiger partial charge in [-0.1, -0.05) is 246 Å². The molecule has 0 rings (SSSR count). The highest BCUT2D eigenvalue weighted by atomic mass is 16.7. The maximum Gasteiger partial charge on any atom is 0.306 e. The Balaban J connectivity index is 4.03. The topological polar surface area (TPSA) is 111 Å². The Morgan fingerprint density at radius 3 is 1.12 bits per heavy atom. The van der Waals surface area contributed by atoms with Crippen LogP contribution in [0.4, 0.5) is 0 Å². The molecule has 2 unspecified atom stereocenters. The Morgan fingerprint density at radius 2 is 0.740 bits per heavy atom. The highest BCUT2D eigenvalue weighted by Crippen LogP contribution is 2.16. The number of carboxylic acids is 1. The molecule has 2 atom stereocenters. The average Bonchev–Trinajstić information content (AvgIpc) is 3.40. The van der Waals surface area contributed by atoms with Crippen LogP contribution in [0.1, 0.15) is 258 Å². The van der Waals surface area contributed by atoms with Gasteiger partial charge in [-0.05, 0) is 96.3 Å². The normalized spacial score (nSPS) is 13.4. The molecule has 0 aliphatic heterocycles. The minimum atomic E-state index is -1.62. The first-order valence-electron chi connectivity index (χ1n) is 31.4. The van der Waals surface area contributed by atoms with Crippen molar-refractivity contribution in [3.05, 3.63) is 97.2 Å². The van der Waals surface area contributed by atoms with Crippen LogP contribution in [0.5, 0.6) is 0 Å². The van der Waals surface area contributed by atoms with Gasteiger partial charge in [0.2, 0.25) is 0 Å². The lowest BCUT2D eigenvalue weighted by atomic mass is 10.0. The van der Waals surface area contributed by atoms with Crippen LogP contribution in [0.25, 0.3) is 0 Å². The van der Waals surface area contributed by atoms with Crippen LogP contribution in [0.15, 0.2) is 97.2 Å². The molecule has 0 aromatic rings. The summed E-state index contributed by atoms with van der Waals surface area (Å²) >= 11 is 0. The number of allylic oxidation sites excluding steroid dienone is 16. The summed E-state index contributed by atoms with van der Waals surface area (Å²) in [6.07, 6.45) is 76.3. The molecule has 0 amide bonds. The van der Waals surface area contributed by atoms with E-state index in [2.05, 4.69) is 111 Å². The number of aliphatic carboxylic acids is 1. The van der Waals surface area contributed by atoms with E-state index in [0.717, 1.165) is 103 Å². The Labute approximate surface area is 473 Å². The summed E-state index contributed by atoms with van der Waals surface area (Å²) in [6, 6.07) is 0. The molecule has 0 N–H and O–H groups in total. The predicted octanol–water partition coefficient (Wildman–Crippen LogP) is 17.6. The fourth-order valence-corrected chi connectivity index (χ4v) is 8.51. The summed E-state index contributed by atoms with van der Waals surface area (Å²) in [4.78, 5) is 37.2. The lowest BCUT2D eigenvalue weighted by Gasteiger charge is -2.26. The van der Waals surface area contributed by atoms with E-state index in [9.17, 15) is 19.5 Å². The Morgan fingerprint density at radius 1 is 0.403 bits per heavy atom. The van der Waals surface area contributed by atoms with E-state index < -0.39 is 24.3 Å². The van der Waals surface area contributed by atoms with Gasteiger partial charge in [-0.2, -0.15) is 0 Å². The lowest BCUT2D eigenvalue weighted by molar-refractivity contribution is -0.870. The minimum Gasteiger partial charge on any atom is -0.545 e. The Kier molecular flexibility index (Phi) is 55.5. The number of rotatable bonds is 57. The molecular weight excluding hydrogens is 959 g/mol. The third-order valence-electron chi connectivity index (χ3n) is 13.3. The molecule has 0 aromatic carbocycles. The SMILES string of the molecule is CC/C=C\C/C=C\C/C=C\C/C=C\C/C=C\C/C=C\C/C=C\CCCCCCCCCCCCCCCCCCCC(=O)OC(COC(=O)CCCCCCC/C=C\CCCCCC)COC(OCC[N+](C)(C)C)C(=O)[O-]. The third kappa shape index (κ3) is 59.7. The number of nitrogens with zero attached hydrogens (tertiary/aromatic N) is 1. The summed E-state index contributed by atoms with van der Waals surface area (Å²) in [5.74, 6) is -2.29. The van der Waals surface area contributed by atoms with E-state index in [1.807, 2.05) is 21.1 Å². The number of hydrogen-bond acceptors (Lipinski definition) is 8.